The molecule has 1 aromatic heterocycles. The number of carbonyl (C=O) groups excluding carboxylic acids is 1. The number of aromatic nitrogens is 1. The number of pyridine rings is 1. The van der Waals surface area contributed by atoms with Crippen LogP contribution in [0.15, 0.2) is 97.2 Å². The lowest BCUT2D eigenvalue weighted by molar-refractivity contribution is 0.252. The topological polar surface area (TPSA) is 72.5 Å². The lowest BCUT2D eigenvalue weighted by Gasteiger charge is -2.22. The van der Waals surface area contributed by atoms with Crippen LogP contribution in [0.25, 0.3) is 0 Å². The second-order valence-electron chi connectivity index (χ2n) is 9.39. The van der Waals surface area contributed by atoms with Crippen molar-refractivity contribution in [2.45, 2.75) is 32.6 Å². The third-order valence-corrected chi connectivity index (χ3v) is 5.52. The van der Waals surface area contributed by atoms with Gasteiger partial charge in [-0.1, -0.05) is 69.3 Å². The number of hydrogen-bond acceptors (Lipinski definition) is 4. The summed E-state index contributed by atoms with van der Waals surface area (Å²) in [5, 5.41) is 5.75. The van der Waals surface area contributed by atoms with Crippen LogP contribution in [0.5, 0.6) is 23.1 Å². The average Bonchev–Trinajstić information content (AvgIpc) is 2.87. The second kappa shape index (κ2) is 11.4. The van der Waals surface area contributed by atoms with Gasteiger partial charge in [-0.05, 0) is 59.9 Å². The standard InChI is InChI=1S/C30H31N3O3/c1-30(2,3)25-12-7-8-14-27(25)36-28-26(13-9-20-31-28)33-29(34)32-21-19-22-15-17-24(18-16-22)35-23-10-5-4-6-11-23/h4-18,20H,19,21H2,1-3H3,(H2,32,33,34). The summed E-state index contributed by atoms with van der Waals surface area (Å²) in [6.07, 6.45) is 2.33. The van der Waals surface area contributed by atoms with E-state index in [1.54, 1.807) is 18.3 Å². The number of carbonyl (C=O) groups is 1. The van der Waals surface area contributed by atoms with E-state index in [-0.39, 0.29) is 11.4 Å². The van der Waals surface area contributed by atoms with Crippen molar-refractivity contribution in [1.29, 1.82) is 0 Å². The number of rotatable bonds is 8. The lowest BCUT2D eigenvalue weighted by Crippen LogP contribution is -2.30. The van der Waals surface area contributed by atoms with Gasteiger partial charge in [-0.25, -0.2) is 9.78 Å². The molecule has 0 aliphatic rings. The Morgan fingerprint density at radius 2 is 1.50 bits per heavy atom. The molecule has 0 saturated carbocycles. The third kappa shape index (κ3) is 6.85. The first-order chi connectivity index (χ1) is 17.4. The van der Waals surface area contributed by atoms with Crippen molar-refractivity contribution < 1.29 is 14.3 Å². The Bertz CT molecular complexity index is 1280. The van der Waals surface area contributed by atoms with E-state index in [0.717, 1.165) is 22.6 Å². The molecule has 184 valence electrons. The van der Waals surface area contributed by atoms with Gasteiger partial charge in [-0.15, -0.1) is 0 Å². The highest BCUT2D eigenvalue weighted by Crippen LogP contribution is 2.35. The SMILES string of the molecule is CC(C)(C)c1ccccc1Oc1ncccc1NC(=O)NCCc1ccc(Oc2ccccc2)cc1. The number of amides is 2. The summed E-state index contributed by atoms with van der Waals surface area (Å²) in [4.78, 5) is 16.9. The van der Waals surface area contributed by atoms with E-state index in [4.69, 9.17) is 9.47 Å². The van der Waals surface area contributed by atoms with Gasteiger partial charge >= 0.3 is 6.03 Å². The zero-order chi connectivity index (χ0) is 25.4. The Balaban J connectivity index is 1.31. The summed E-state index contributed by atoms with van der Waals surface area (Å²) in [5.74, 6) is 2.63. The number of nitrogens with zero attached hydrogens (tertiary/aromatic N) is 1. The molecule has 0 aliphatic carbocycles. The van der Waals surface area contributed by atoms with Crippen LogP contribution in [-0.2, 0) is 11.8 Å². The molecule has 0 radical (unpaired) electrons. The second-order valence-corrected chi connectivity index (χ2v) is 9.39. The Morgan fingerprint density at radius 1 is 0.806 bits per heavy atom. The maximum absolute atomic E-state index is 12.6. The van der Waals surface area contributed by atoms with Crippen LogP contribution in [0.1, 0.15) is 31.9 Å². The fourth-order valence-electron chi connectivity index (χ4n) is 3.68. The summed E-state index contributed by atoms with van der Waals surface area (Å²) in [7, 11) is 0. The molecule has 6 heteroatoms. The van der Waals surface area contributed by atoms with E-state index in [9.17, 15) is 4.79 Å². The molecule has 0 unspecified atom stereocenters. The van der Waals surface area contributed by atoms with Crippen LogP contribution in [0, 0.1) is 0 Å². The van der Waals surface area contributed by atoms with E-state index in [1.807, 2.05) is 78.9 Å². The fourth-order valence-corrected chi connectivity index (χ4v) is 3.68. The van der Waals surface area contributed by atoms with Gasteiger partial charge in [0.2, 0.25) is 5.88 Å². The number of ether oxygens (including phenoxy) is 2. The highest BCUT2D eigenvalue weighted by atomic mass is 16.5. The molecule has 3 aromatic carbocycles. The molecule has 4 aromatic rings. The minimum Gasteiger partial charge on any atom is -0.457 e. The summed E-state index contributed by atoms with van der Waals surface area (Å²) in [6.45, 7) is 6.87. The van der Waals surface area contributed by atoms with Gasteiger partial charge in [-0.3, -0.25) is 0 Å². The van der Waals surface area contributed by atoms with E-state index in [2.05, 4.69) is 36.4 Å². The summed E-state index contributed by atoms with van der Waals surface area (Å²) >= 11 is 0. The highest BCUT2D eigenvalue weighted by molar-refractivity contribution is 5.90. The van der Waals surface area contributed by atoms with Crippen molar-refractivity contribution in [2.75, 3.05) is 11.9 Å². The molecule has 4 rings (SSSR count). The zero-order valence-electron chi connectivity index (χ0n) is 20.8. The minimum absolute atomic E-state index is 0.0950. The predicted molar refractivity (Wildman–Crippen MR) is 143 cm³/mol. The van der Waals surface area contributed by atoms with E-state index >= 15 is 0 Å². The Morgan fingerprint density at radius 3 is 2.25 bits per heavy atom. The van der Waals surface area contributed by atoms with Crippen LogP contribution < -0.4 is 20.1 Å². The largest absolute Gasteiger partial charge is 0.457 e. The quantitative estimate of drug-likeness (QED) is 0.276. The van der Waals surface area contributed by atoms with Crippen molar-refractivity contribution in [2.24, 2.45) is 0 Å². The normalized spacial score (nSPS) is 11.0. The van der Waals surface area contributed by atoms with Gasteiger partial charge in [0.25, 0.3) is 0 Å². The van der Waals surface area contributed by atoms with Crippen molar-refractivity contribution in [3.8, 4) is 23.1 Å². The van der Waals surface area contributed by atoms with Crippen LogP contribution in [-0.4, -0.2) is 17.6 Å². The van der Waals surface area contributed by atoms with Crippen LogP contribution in [0.2, 0.25) is 0 Å². The number of nitrogens with one attached hydrogen (secondary N) is 2. The molecular weight excluding hydrogens is 450 g/mol. The molecule has 0 aliphatic heterocycles. The predicted octanol–water partition coefficient (Wildman–Crippen LogP) is 7.33. The molecule has 1 heterocycles. The number of urea groups is 1. The fraction of sp³-hybridized carbons (Fsp3) is 0.200. The first-order valence-corrected chi connectivity index (χ1v) is 12.0. The van der Waals surface area contributed by atoms with Crippen LogP contribution in [0.4, 0.5) is 10.5 Å². The number of para-hydroxylation sites is 2. The molecule has 0 atom stereocenters. The van der Waals surface area contributed by atoms with Gasteiger partial charge in [0.05, 0.1) is 0 Å². The molecule has 0 fully saturated rings. The summed E-state index contributed by atoms with van der Waals surface area (Å²) < 4.78 is 12.0. The van der Waals surface area contributed by atoms with Gasteiger partial charge in [-0.2, -0.15) is 0 Å². The summed E-state index contributed by atoms with van der Waals surface area (Å²) in [5.41, 5.74) is 2.56. The average molecular weight is 482 g/mol. The Kier molecular flexibility index (Phi) is 7.85. The van der Waals surface area contributed by atoms with E-state index in [1.165, 1.54) is 0 Å². The number of benzene rings is 3. The Labute approximate surface area is 212 Å². The first kappa shape index (κ1) is 24.8. The minimum atomic E-state index is -0.319. The van der Waals surface area contributed by atoms with Crippen LogP contribution in [0.3, 0.4) is 0 Å². The van der Waals surface area contributed by atoms with Crippen molar-refractivity contribution in [1.82, 2.24) is 10.3 Å². The zero-order valence-corrected chi connectivity index (χ0v) is 20.8. The molecule has 36 heavy (non-hydrogen) atoms. The van der Waals surface area contributed by atoms with E-state index in [0.29, 0.717) is 30.3 Å². The lowest BCUT2D eigenvalue weighted by atomic mass is 9.86. The molecule has 2 amide bonds. The van der Waals surface area contributed by atoms with Gasteiger partial charge in [0, 0.05) is 18.3 Å². The maximum Gasteiger partial charge on any atom is 0.319 e. The number of anilines is 1. The molecule has 2 N–H and O–H groups in total. The van der Waals surface area contributed by atoms with Crippen molar-refractivity contribution in [3.05, 3.63) is 108 Å². The molecular formula is C30H31N3O3. The first-order valence-electron chi connectivity index (χ1n) is 12.0. The van der Waals surface area contributed by atoms with Crippen molar-refractivity contribution in [3.63, 3.8) is 0 Å². The smallest absolute Gasteiger partial charge is 0.319 e. The third-order valence-electron chi connectivity index (χ3n) is 5.52. The van der Waals surface area contributed by atoms with Gasteiger partial charge < -0.3 is 20.1 Å². The Hall–Kier alpha value is -4.32. The summed E-state index contributed by atoms with van der Waals surface area (Å²) in [6, 6.07) is 28.6. The molecule has 0 saturated heterocycles. The number of hydrogen-bond donors (Lipinski definition) is 2. The molecule has 0 bridgehead atoms. The molecule has 0 spiro atoms. The van der Waals surface area contributed by atoms with Gasteiger partial charge in [0.15, 0.2) is 0 Å². The molecule has 6 nitrogen and oxygen atoms in total. The van der Waals surface area contributed by atoms with Crippen molar-refractivity contribution >= 4 is 11.7 Å². The van der Waals surface area contributed by atoms with E-state index < -0.39 is 0 Å². The monoisotopic (exact) mass is 481 g/mol. The van der Waals surface area contributed by atoms with Crippen LogP contribution >= 0.6 is 0 Å². The highest BCUT2D eigenvalue weighted by Gasteiger charge is 2.20. The van der Waals surface area contributed by atoms with Gasteiger partial charge in [0.1, 0.15) is 22.9 Å². The maximum atomic E-state index is 12.6.